The van der Waals surface area contributed by atoms with Gasteiger partial charge < -0.3 is 5.73 Å². The molecule has 2 heterocycles. The second kappa shape index (κ2) is 4.61. The number of pyridine rings is 2. The van der Waals surface area contributed by atoms with Crippen LogP contribution in [0.1, 0.15) is 5.56 Å². The molecule has 0 atom stereocenters. The van der Waals surface area contributed by atoms with Gasteiger partial charge in [-0.25, -0.2) is 4.98 Å². The Kier molecular flexibility index (Phi) is 3.01. The van der Waals surface area contributed by atoms with Gasteiger partial charge in [0.25, 0.3) is 0 Å². The lowest BCUT2D eigenvalue weighted by Gasteiger charge is -2.07. The summed E-state index contributed by atoms with van der Waals surface area (Å²) in [5.74, 6) is 0.485. The van der Waals surface area contributed by atoms with Crippen LogP contribution < -0.4 is 5.73 Å². The van der Waals surface area contributed by atoms with E-state index in [1.807, 2.05) is 18.2 Å². The van der Waals surface area contributed by atoms with Gasteiger partial charge in [0, 0.05) is 23.3 Å². The van der Waals surface area contributed by atoms with Crippen LogP contribution in [0.5, 0.6) is 0 Å². The SMILES string of the molecule is C=C/C=C(\C=C)c1cnc(N)c2cccnc12. The average Bonchev–Trinajstić information content (AvgIpc) is 2.37. The summed E-state index contributed by atoms with van der Waals surface area (Å²) >= 11 is 0. The maximum absolute atomic E-state index is 5.82. The van der Waals surface area contributed by atoms with E-state index in [0.29, 0.717) is 5.82 Å². The molecule has 0 amide bonds. The van der Waals surface area contributed by atoms with E-state index >= 15 is 0 Å². The maximum atomic E-state index is 5.82. The van der Waals surface area contributed by atoms with Gasteiger partial charge in [0.15, 0.2) is 0 Å². The lowest BCUT2D eigenvalue weighted by molar-refractivity contribution is 1.31. The van der Waals surface area contributed by atoms with Crippen molar-refractivity contribution in [3.63, 3.8) is 0 Å². The van der Waals surface area contributed by atoms with Crippen molar-refractivity contribution in [1.29, 1.82) is 0 Å². The number of aromatic nitrogens is 2. The normalized spacial score (nSPS) is 11.4. The largest absolute Gasteiger partial charge is 0.383 e. The fourth-order valence-electron chi connectivity index (χ4n) is 1.70. The van der Waals surface area contributed by atoms with Crippen LogP contribution in [0.4, 0.5) is 5.82 Å². The smallest absolute Gasteiger partial charge is 0.132 e. The third-order valence-electron chi connectivity index (χ3n) is 2.50. The van der Waals surface area contributed by atoms with E-state index in [1.165, 1.54) is 0 Å². The Balaban J connectivity index is 2.79. The van der Waals surface area contributed by atoms with Crippen molar-refractivity contribution >= 4 is 22.3 Å². The highest BCUT2D eigenvalue weighted by molar-refractivity contribution is 5.97. The van der Waals surface area contributed by atoms with Crippen LogP contribution in [0.25, 0.3) is 16.5 Å². The number of hydrogen-bond acceptors (Lipinski definition) is 3. The number of nitrogen functional groups attached to an aromatic ring is 1. The molecule has 0 radical (unpaired) electrons. The molecular weight excluding hydrogens is 210 g/mol. The van der Waals surface area contributed by atoms with Gasteiger partial charge in [-0.2, -0.15) is 0 Å². The van der Waals surface area contributed by atoms with Crippen LogP contribution in [0.3, 0.4) is 0 Å². The first kappa shape index (κ1) is 11.1. The summed E-state index contributed by atoms with van der Waals surface area (Å²) in [5, 5.41) is 0.849. The van der Waals surface area contributed by atoms with E-state index in [9.17, 15) is 0 Å². The lowest BCUT2D eigenvalue weighted by Crippen LogP contribution is -1.96. The summed E-state index contributed by atoms with van der Waals surface area (Å²) in [6.07, 6.45) is 8.78. The molecule has 0 spiro atoms. The summed E-state index contributed by atoms with van der Waals surface area (Å²) in [6.45, 7) is 7.46. The zero-order valence-electron chi connectivity index (χ0n) is 9.43. The Morgan fingerprint density at radius 1 is 1.29 bits per heavy atom. The van der Waals surface area contributed by atoms with Gasteiger partial charge in [-0.1, -0.05) is 31.4 Å². The monoisotopic (exact) mass is 223 g/mol. The van der Waals surface area contributed by atoms with Gasteiger partial charge in [-0.05, 0) is 17.7 Å². The summed E-state index contributed by atoms with van der Waals surface area (Å²) < 4.78 is 0. The summed E-state index contributed by atoms with van der Waals surface area (Å²) in [6, 6.07) is 3.75. The molecule has 2 aromatic heterocycles. The third kappa shape index (κ3) is 1.95. The molecule has 0 unspecified atom stereocenters. The second-order valence-corrected chi connectivity index (χ2v) is 3.52. The molecule has 0 aliphatic heterocycles. The number of nitrogens with zero attached hydrogens (tertiary/aromatic N) is 2. The van der Waals surface area contributed by atoms with Crippen molar-refractivity contribution in [3.05, 3.63) is 61.5 Å². The van der Waals surface area contributed by atoms with Gasteiger partial charge >= 0.3 is 0 Å². The molecule has 3 heteroatoms. The van der Waals surface area contributed by atoms with E-state index in [0.717, 1.165) is 22.0 Å². The summed E-state index contributed by atoms with van der Waals surface area (Å²) in [5.41, 5.74) is 8.49. The van der Waals surface area contributed by atoms with E-state index in [2.05, 4.69) is 23.1 Å². The minimum Gasteiger partial charge on any atom is -0.383 e. The predicted molar refractivity (Wildman–Crippen MR) is 72.3 cm³/mol. The van der Waals surface area contributed by atoms with Crippen LogP contribution in [0, 0.1) is 0 Å². The number of rotatable bonds is 3. The average molecular weight is 223 g/mol. The topological polar surface area (TPSA) is 51.8 Å². The standard InChI is InChI=1S/C14H13N3/c1-3-6-10(4-2)12-9-17-14(15)11-7-5-8-16-13(11)12/h3-9H,1-2H2,(H2,15,17)/b10-6+. The summed E-state index contributed by atoms with van der Waals surface area (Å²) in [7, 11) is 0. The number of anilines is 1. The number of fused-ring (bicyclic) bond motifs is 1. The highest BCUT2D eigenvalue weighted by Gasteiger charge is 2.07. The van der Waals surface area contributed by atoms with Crippen molar-refractivity contribution in [3.8, 4) is 0 Å². The second-order valence-electron chi connectivity index (χ2n) is 3.52. The number of nitrogens with two attached hydrogens (primary N) is 1. The van der Waals surface area contributed by atoms with Crippen molar-refractivity contribution in [1.82, 2.24) is 9.97 Å². The van der Waals surface area contributed by atoms with Crippen LogP contribution >= 0.6 is 0 Å². The van der Waals surface area contributed by atoms with Crippen molar-refractivity contribution in [2.45, 2.75) is 0 Å². The molecule has 0 saturated heterocycles. The molecular formula is C14H13N3. The molecule has 3 nitrogen and oxygen atoms in total. The molecule has 2 aromatic rings. The van der Waals surface area contributed by atoms with Gasteiger partial charge in [0.05, 0.1) is 5.52 Å². The minimum atomic E-state index is 0.485. The molecule has 0 aliphatic carbocycles. The first-order chi connectivity index (χ1) is 8.27. The first-order valence-corrected chi connectivity index (χ1v) is 5.22. The van der Waals surface area contributed by atoms with Crippen molar-refractivity contribution in [2.75, 3.05) is 5.73 Å². The van der Waals surface area contributed by atoms with E-state index < -0.39 is 0 Å². The van der Waals surface area contributed by atoms with Crippen LogP contribution in [-0.4, -0.2) is 9.97 Å². The summed E-state index contributed by atoms with van der Waals surface area (Å²) in [4.78, 5) is 8.52. The Morgan fingerprint density at radius 3 is 2.82 bits per heavy atom. The third-order valence-corrected chi connectivity index (χ3v) is 2.50. The molecule has 0 fully saturated rings. The van der Waals surface area contributed by atoms with Crippen LogP contribution in [0.15, 0.2) is 55.9 Å². The Morgan fingerprint density at radius 2 is 2.12 bits per heavy atom. The van der Waals surface area contributed by atoms with E-state index in [-0.39, 0.29) is 0 Å². The van der Waals surface area contributed by atoms with Gasteiger partial charge in [0.1, 0.15) is 5.82 Å². The van der Waals surface area contributed by atoms with E-state index in [1.54, 1.807) is 24.5 Å². The fraction of sp³-hybridized carbons (Fsp3) is 0. The van der Waals surface area contributed by atoms with Crippen LogP contribution in [-0.2, 0) is 0 Å². The van der Waals surface area contributed by atoms with Gasteiger partial charge in [-0.15, -0.1) is 0 Å². The maximum Gasteiger partial charge on any atom is 0.132 e. The lowest BCUT2D eigenvalue weighted by atomic mass is 10.0. The Bertz CT molecular complexity index is 612. The Hall–Kier alpha value is -2.42. The van der Waals surface area contributed by atoms with Gasteiger partial charge in [0.2, 0.25) is 0 Å². The molecule has 0 aliphatic rings. The molecule has 0 saturated carbocycles. The quantitative estimate of drug-likeness (QED) is 0.814. The molecule has 2 rings (SSSR count). The fourth-order valence-corrected chi connectivity index (χ4v) is 1.70. The van der Waals surface area contributed by atoms with Gasteiger partial charge in [-0.3, -0.25) is 4.98 Å². The molecule has 17 heavy (non-hydrogen) atoms. The molecule has 0 aromatic carbocycles. The predicted octanol–water partition coefficient (Wildman–Crippen LogP) is 2.97. The highest BCUT2D eigenvalue weighted by atomic mass is 14.8. The Labute approximate surface area is 100 Å². The van der Waals surface area contributed by atoms with E-state index in [4.69, 9.17) is 5.73 Å². The number of hydrogen-bond donors (Lipinski definition) is 1. The molecule has 2 N–H and O–H groups in total. The van der Waals surface area contributed by atoms with Crippen molar-refractivity contribution in [2.24, 2.45) is 0 Å². The van der Waals surface area contributed by atoms with Crippen LogP contribution in [0.2, 0.25) is 0 Å². The molecule has 0 bridgehead atoms. The first-order valence-electron chi connectivity index (χ1n) is 5.22. The zero-order valence-corrected chi connectivity index (χ0v) is 9.43. The highest BCUT2D eigenvalue weighted by Crippen LogP contribution is 2.26. The van der Waals surface area contributed by atoms with Crippen molar-refractivity contribution < 1.29 is 0 Å². The minimum absolute atomic E-state index is 0.485. The number of allylic oxidation sites excluding steroid dienone is 4. The molecule has 84 valence electrons. The zero-order chi connectivity index (χ0) is 12.3.